The Bertz CT molecular complexity index is 1690. The Morgan fingerprint density at radius 3 is 2.02 bits per heavy atom. The molecule has 0 fully saturated rings. The molecular weight excluding hydrogens is 863 g/mol. The van der Waals surface area contributed by atoms with Crippen molar-refractivity contribution in [1.29, 1.82) is 0 Å². The van der Waals surface area contributed by atoms with E-state index in [1.54, 1.807) is 38.1 Å². The summed E-state index contributed by atoms with van der Waals surface area (Å²) in [6.45, 7) is 5.75. The van der Waals surface area contributed by atoms with Crippen LogP contribution in [0.1, 0.15) is 83.6 Å². The number of methoxy groups -OCH3 is 1. The number of esters is 1. The highest BCUT2D eigenvalue weighted by atomic mass is 16.6. The quantitative estimate of drug-likeness (QED) is 0.0266. The molecule has 0 bridgehead atoms. The topological polar surface area (TPSA) is 293 Å². The molecule has 0 aromatic heterocycles. The average Bonchev–Trinajstić information content (AvgIpc) is 3.28. The van der Waals surface area contributed by atoms with E-state index in [1.807, 2.05) is 0 Å². The third-order valence-electron chi connectivity index (χ3n) is 9.87. The summed E-state index contributed by atoms with van der Waals surface area (Å²) in [7, 11) is 1.19. The maximum absolute atomic E-state index is 13.7. The molecule has 0 heterocycles. The predicted octanol–water partition coefficient (Wildman–Crippen LogP) is 0.555. The van der Waals surface area contributed by atoms with Gasteiger partial charge in [-0.2, -0.15) is 0 Å². The maximum atomic E-state index is 13.7. The number of hydrogen-bond acceptors (Lipinski definition) is 14. The standard InChI is InChI=1S/C45H71N7O14/c1-32(2)41(44(59)51-36(12-9-20-48-45(46)60)42(57)49-34-15-13-33(30-53)14-16-34)52-43(58)37(17-18-40(56)61-3)50-38(54)19-22-62-24-26-64-28-29-65-27-25-63-23-21-47-39(55)31-66-35-10-7-5-4-6-8-11-35/h13-16,32,35-37,41,53H,4-7,9-10,12,17-31H2,1-3H3,(H,47,55)(H,49,57)(H,50,54)(H,51,59)(H,52,58)(H3,46,48,60)/t35?,36-,37+,41-/m0/s1. The molecule has 21 heteroatoms. The molecule has 7 amide bonds. The molecule has 0 spiro atoms. The molecule has 0 saturated heterocycles. The van der Waals surface area contributed by atoms with E-state index < -0.39 is 59.7 Å². The Morgan fingerprint density at radius 1 is 0.727 bits per heavy atom. The monoisotopic (exact) mass is 934 g/mol. The summed E-state index contributed by atoms with van der Waals surface area (Å²) in [5.41, 5.74) is 6.21. The molecule has 1 aromatic carbocycles. The van der Waals surface area contributed by atoms with Crippen LogP contribution in [0, 0.1) is 17.8 Å². The second kappa shape index (κ2) is 34.9. The van der Waals surface area contributed by atoms with Crippen LogP contribution in [0.3, 0.4) is 0 Å². The van der Waals surface area contributed by atoms with Gasteiger partial charge in [-0.25, -0.2) is 4.79 Å². The largest absolute Gasteiger partial charge is 0.469 e. The molecule has 0 aliphatic heterocycles. The summed E-state index contributed by atoms with van der Waals surface area (Å²) < 4.78 is 32.3. The van der Waals surface area contributed by atoms with Gasteiger partial charge in [0.1, 0.15) is 30.8 Å². The molecule has 0 radical (unpaired) electrons. The number of aliphatic hydroxyl groups excluding tert-OH is 1. The van der Waals surface area contributed by atoms with Crippen molar-refractivity contribution in [3.05, 3.63) is 29.8 Å². The molecule has 0 saturated carbocycles. The van der Waals surface area contributed by atoms with Gasteiger partial charge in [0, 0.05) is 38.0 Å². The third kappa shape index (κ3) is 26.6. The predicted molar refractivity (Wildman–Crippen MR) is 241 cm³/mol. The molecule has 9 N–H and O–H groups in total. The van der Waals surface area contributed by atoms with Gasteiger partial charge in [0.05, 0.1) is 66.6 Å². The molecule has 21 nitrogen and oxygen atoms in total. The summed E-state index contributed by atoms with van der Waals surface area (Å²) in [5, 5.41) is 25.2. The van der Waals surface area contributed by atoms with Gasteiger partial charge in [0.25, 0.3) is 0 Å². The third-order valence-corrected chi connectivity index (χ3v) is 9.87. The second-order valence-corrected chi connectivity index (χ2v) is 15.6. The van der Waals surface area contributed by atoms with E-state index in [0.717, 1.165) is 32.1 Å². The summed E-state index contributed by atoms with van der Waals surface area (Å²) in [4.78, 5) is 88.7. The zero-order chi connectivity index (χ0) is 48.4. The number of primary amides is 1. The van der Waals surface area contributed by atoms with Crippen molar-refractivity contribution in [3.63, 3.8) is 0 Å². The molecular formula is C45H71N7O14. The maximum Gasteiger partial charge on any atom is 0.312 e. The van der Waals surface area contributed by atoms with Crippen molar-refractivity contribution in [3.8, 4) is 11.8 Å². The highest BCUT2D eigenvalue weighted by Gasteiger charge is 2.32. The summed E-state index contributed by atoms with van der Waals surface area (Å²) >= 11 is 0. The smallest absolute Gasteiger partial charge is 0.312 e. The van der Waals surface area contributed by atoms with E-state index >= 15 is 0 Å². The fraction of sp³-hybridized carbons (Fsp3) is 0.667. The van der Waals surface area contributed by atoms with Crippen LogP contribution in [-0.4, -0.2) is 151 Å². The number of urea groups is 1. The normalized spacial score (nSPS) is 14.8. The van der Waals surface area contributed by atoms with Crippen molar-refractivity contribution in [1.82, 2.24) is 26.6 Å². The van der Waals surface area contributed by atoms with Gasteiger partial charge in [-0.15, -0.1) is 5.92 Å². The van der Waals surface area contributed by atoms with Gasteiger partial charge in [0.15, 0.2) is 0 Å². The van der Waals surface area contributed by atoms with E-state index in [1.165, 1.54) is 7.11 Å². The van der Waals surface area contributed by atoms with Crippen molar-refractivity contribution in [2.24, 2.45) is 11.7 Å². The molecule has 1 aliphatic rings. The number of benzene rings is 1. The van der Waals surface area contributed by atoms with Gasteiger partial charge in [-0.05, 0) is 62.1 Å². The lowest BCUT2D eigenvalue weighted by Crippen LogP contribution is -2.58. The first-order chi connectivity index (χ1) is 31.8. The van der Waals surface area contributed by atoms with Crippen LogP contribution in [0.5, 0.6) is 0 Å². The van der Waals surface area contributed by atoms with E-state index in [9.17, 15) is 38.7 Å². The first kappa shape index (κ1) is 56.8. The lowest BCUT2D eigenvalue weighted by atomic mass is 10.0. The summed E-state index contributed by atoms with van der Waals surface area (Å²) in [5.74, 6) is 2.35. The Balaban J connectivity index is 1.73. The molecule has 66 heavy (non-hydrogen) atoms. The average molecular weight is 934 g/mol. The lowest BCUT2D eigenvalue weighted by molar-refractivity contribution is -0.141. The fourth-order valence-electron chi connectivity index (χ4n) is 6.18. The van der Waals surface area contributed by atoms with Crippen LogP contribution >= 0.6 is 0 Å². The Hall–Kier alpha value is -5.37. The van der Waals surface area contributed by atoms with Gasteiger partial charge in [-0.3, -0.25) is 28.8 Å². The first-order valence-corrected chi connectivity index (χ1v) is 22.5. The number of anilines is 1. The van der Waals surface area contributed by atoms with Gasteiger partial charge >= 0.3 is 12.0 Å². The molecule has 4 atom stereocenters. The SMILES string of the molecule is COC(=O)CC[C@@H](NC(=O)CCOCCOCCOCCOCCNC(=O)COC1C#CCCCCC1)C(=O)N[C@H](C(=O)N[C@@H](CCCNC(N)=O)C(=O)Nc1ccc(CO)cc1)C(C)C. The number of nitrogens with one attached hydrogen (secondary N) is 6. The van der Waals surface area contributed by atoms with Crippen molar-refractivity contribution in [2.45, 2.75) is 109 Å². The Kier molecular flexibility index (Phi) is 30.0. The summed E-state index contributed by atoms with van der Waals surface area (Å²) in [6, 6.07) is 2.23. The Morgan fingerprint density at radius 2 is 1.38 bits per heavy atom. The number of hydrogen-bond donors (Lipinski definition) is 8. The highest BCUT2D eigenvalue weighted by Crippen LogP contribution is 2.13. The zero-order valence-electron chi connectivity index (χ0n) is 38.6. The number of aliphatic hydroxyl groups is 1. The minimum Gasteiger partial charge on any atom is -0.469 e. The second-order valence-electron chi connectivity index (χ2n) is 15.6. The van der Waals surface area contributed by atoms with E-state index in [0.29, 0.717) is 50.8 Å². The van der Waals surface area contributed by atoms with Crippen LogP contribution in [0.25, 0.3) is 0 Å². The minimum atomic E-state index is -1.22. The van der Waals surface area contributed by atoms with Gasteiger partial charge in [0.2, 0.25) is 29.5 Å². The van der Waals surface area contributed by atoms with Crippen molar-refractivity contribution < 1.29 is 67.1 Å². The van der Waals surface area contributed by atoms with Crippen LogP contribution in [0.2, 0.25) is 0 Å². The Labute approximate surface area is 387 Å². The number of nitrogens with two attached hydrogens (primary N) is 1. The van der Waals surface area contributed by atoms with Crippen LogP contribution in [0.15, 0.2) is 24.3 Å². The number of carbonyl (C=O) groups excluding carboxylic acids is 7. The molecule has 1 unspecified atom stereocenters. The van der Waals surface area contributed by atoms with E-state index in [-0.39, 0.29) is 83.7 Å². The number of carbonyl (C=O) groups is 7. The minimum absolute atomic E-state index is 0.0120. The van der Waals surface area contributed by atoms with Crippen LogP contribution < -0.4 is 37.6 Å². The van der Waals surface area contributed by atoms with Crippen LogP contribution in [-0.2, 0) is 63.8 Å². The van der Waals surface area contributed by atoms with Crippen molar-refractivity contribution >= 4 is 47.2 Å². The molecule has 1 aliphatic carbocycles. The highest BCUT2D eigenvalue weighted by molar-refractivity contribution is 5.99. The number of amides is 7. The van der Waals surface area contributed by atoms with E-state index in [2.05, 4.69) is 43.7 Å². The van der Waals surface area contributed by atoms with Gasteiger partial charge < -0.3 is 71.2 Å². The fourth-order valence-corrected chi connectivity index (χ4v) is 6.18. The van der Waals surface area contributed by atoms with Crippen molar-refractivity contribution in [2.75, 3.05) is 85.0 Å². The molecule has 370 valence electrons. The lowest BCUT2D eigenvalue weighted by Gasteiger charge is -2.27. The zero-order valence-corrected chi connectivity index (χ0v) is 38.6. The number of ether oxygens (including phenoxy) is 6. The van der Waals surface area contributed by atoms with E-state index in [4.69, 9.17) is 34.2 Å². The van der Waals surface area contributed by atoms with Gasteiger partial charge in [-0.1, -0.05) is 38.3 Å². The molecule has 1 aromatic rings. The first-order valence-electron chi connectivity index (χ1n) is 22.5. The number of rotatable bonds is 34. The summed E-state index contributed by atoms with van der Waals surface area (Å²) in [6.07, 6.45) is 4.73. The van der Waals surface area contributed by atoms with Crippen LogP contribution in [0.4, 0.5) is 10.5 Å². The molecule has 2 rings (SSSR count).